The van der Waals surface area contributed by atoms with Crippen LogP contribution in [0.2, 0.25) is 0 Å². The molecule has 0 atom stereocenters. The van der Waals surface area contributed by atoms with Crippen molar-refractivity contribution < 1.29 is 0 Å². The fourth-order valence-corrected chi connectivity index (χ4v) is 3.28. The van der Waals surface area contributed by atoms with E-state index in [1.54, 1.807) is 11.3 Å². The lowest BCUT2D eigenvalue weighted by molar-refractivity contribution is 1.02. The third-order valence-electron chi connectivity index (χ3n) is 3.19. The number of anilines is 1. The number of pyridine rings is 1. The second kappa shape index (κ2) is 5.89. The number of benzene rings is 1. The Morgan fingerprint density at radius 1 is 1.30 bits per heavy atom. The van der Waals surface area contributed by atoms with Crippen LogP contribution >= 0.6 is 27.3 Å². The van der Waals surface area contributed by atoms with E-state index in [1.165, 1.54) is 4.88 Å². The van der Waals surface area contributed by atoms with Crippen LogP contribution in [0.1, 0.15) is 10.6 Å². The maximum atomic E-state index is 4.49. The number of hydrogen-bond donors (Lipinski definition) is 1. The number of para-hydroxylation sites is 1. The Morgan fingerprint density at radius 3 is 3.00 bits per heavy atom. The largest absolute Gasteiger partial charge is 0.383 e. The molecule has 5 heteroatoms. The summed E-state index contributed by atoms with van der Waals surface area (Å²) in [7, 11) is 0. The van der Waals surface area contributed by atoms with Crippen molar-refractivity contribution in [2.24, 2.45) is 0 Å². The Bertz CT molecular complexity index is 739. The van der Waals surface area contributed by atoms with Crippen molar-refractivity contribution in [2.75, 3.05) is 11.9 Å². The van der Waals surface area contributed by atoms with Crippen LogP contribution in [0.5, 0.6) is 0 Å². The van der Waals surface area contributed by atoms with Crippen molar-refractivity contribution in [1.29, 1.82) is 0 Å². The molecule has 3 aromatic rings. The highest BCUT2D eigenvalue weighted by Crippen LogP contribution is 2.24. The van der Waals surface area contributed by atoms with Gasteiger partial charge in [-0.15, -0.1) is 11.3 Å². The van der Waals surface area contributed by atoms with E-state index in [2.05, 4.69) is 62.4 Å². The molecular formula is C15H14BrN3S. The van der Waals surface area contributed by atoms with Crippen LogP contribution in [0.4, 0.5) is 5.69 Å². The number of rotatable bonds is 4. The average molecular weight is 348 g/mol. The number of hydrogen-bond acceptors (Lipinski definition) is 4. The van der Waals surface area contributed by atoms with E-state index >= 15 is 0 Å². The topological polar surface area (TPSA) is 37.8 Å². The molecule has 0 saturated heterocycles. The van der Waals surface area contributed by atoms with E-state index < -0.39 is 0 Å². The van der Waals surface area contributed by atoms with Crippen molar-refractivity contribution in [3.8, 4) is 0 Å². The first-order valence-electron chi connectivity index (χ1n) is 6.41. The molecule has 1 aromatic carbocycles. The molecule has 0 amide bonds. The summed E-state index contributed by atoms with van der Waals surface area (Å²) in [5, 5.41) is 4.61. The molecule has 0 aliphatic carbocycles. The smallest absolute Gasteiger partial charge is 0.0934 e. The van der Waals surface area contributed by atoms with E-state index in [9.17, 15) is 0 Å². The number of nitrogens with zero attached hydrogens (tertiary/aromatic N) is 2. The highest BCUT2D eigenvalue weighted by Gasteiger charge is 2.04. The summed E-state index contributed by atoms with van der Waals surface area (Å²) in [5.41, 5.74) is 5.13. The maximum Gasteiger partial charge on any atom is 0.0934 e. The maximum absolute atomic E-state index is 4.49. The second-order valence-electron chi connectivity index (χ2n) is 4.57. The van der Waals surface area contributed by atoms with Gasteiger partial charge in [-0.05, 0) is 35.0 Å². The van der Waals surface area contributed by atoms with Crippen molar-refractivity contribution in [3.05, 3.63) is 51.0 Å². The molecule has 2 heterocycles. The lowest BCUT2D eigenvalue weighted by Gasteiger charge is -2.09. The normalized spacial score (nSPS) is 10.9. The molecule has 0 fully saturated rings. The molecule has 0 aliphatic rings. The van der Waals surface area contributed by atoms with Gasteiger partial charge in [0, 0.05) is 33.9 Å². The van der Waals surface area contributed by atoms with Gasteiger partial charge in [-0.3, -0.25) is 4.98 Å². The summed E-state index contributed by atoms with van der Waals surface area (Å²) < 4.78 is 1.00. The van der Waals surface area contributed by atoms with Gasteiger partial charge in [-0.1, -0.05) is 12.1 Å². The number of fused-ring (bicyclic) bond motifs is 1. The quantitative estimate of drug-likeness (QED) is 0.759. The van der Waals surface area contributed by atoms with Gasteiger partial charge < -0.3 is 5.32 Å². The van der Waals surface area contributed by atoms with Crippen LogP contribution in [0, 0.1) is 6.92 Å². The van der Waals surface area contributed by atoms with Gasteiger partial charge in [-0.2, -0.15) is 0 Å². The SMILES string of the molecule is Cc1ncsc1CCNc1cccc2cc(Br)cnc12. The molecule has 1 N–H and O–H groups in total. The van der Waals surface area contributed by atoms with Crippen LogP contribution in [0.3, 0.4) is 0 Å². The van der Waals surface area contributed by atoms with Crippen LogP contribution in [0.25, 0.3) is 10.9 Å². The standard InChI is InChI=1S/C15H14BrN3S/c1-10-14(20-9-19-10)5-6-17-13-4-2-3-11-7-12(16)8-18-15(11)13/h2-4,7-9,17H,5-6H2,1H3. The monoisotopic (exact) mass is 347 g/mol. The lowest BCUT2D eigenvalue weighted by Crippen LogP contribution is -2.05. The van der Waals surface area contributed by atoms with Crippen LogP contribution in [0.15, 0.2) is 40.4 Å². The molecule has 0 unspecified atom stereocenters. The van der Waals surface area contributed by atoms with Gasteiger partial charge in [-0.25, -0.2) is 4.98 Å². The zero-order chi connectivity index (χ0) is 13.9. The van der Waals surface area contributed by atoms with Gasteiger partial charge in [0.05, 0.1) is 22.4 Å². The predicted octanol–water partition coefficient (Wildman–Crippen LogP) is 4.42. The van der Waals surface area contributed by atoms with E-state index in [1.807, 2.05) is 11.7 Å². The summed E-state index contributed by atoms with van der Waals surface area (Å²) in [6, 6.07) is 8.28. The molecule has 102 valence electrons. The molecule has 0 radical (unpaired) electrons. The van der Waals surface area contributed by atoms with Crippen molar-refractivity contribution in [3.63, 3.8) is 0 Å². The molecule has 20 heavy (non-hydrogen) atoms. The Kier molecular flexibility index (Phi) is 3.98. The summed E-state index contributed by atoms with van der Waals surface area (Å²) in [4.78, 5) is 10.1. The zero-order valence-electron chi connectivity index (χ0n) is 11.1. The number of halogens is 1. The minimum atomic E-state index is 0.889. The predicted molar refractivity (Wildman–Crippen MR) is 88.5 cm³/mol. The van der Waals surface area contributed by atoms with Gasteiger partial charge in [0.1, 0.15) is 0 Å². The first kappa shape index (κ1) is 13.5. The number of thiazole rings is 1. The second-order valence-corrected chi connectivity index (χ2v) is 6.42. The number of aryl methyl sites for hydroxylation is 1. The van der Waals surface area contributed by atoms with Gasteiger partial charge in [0.25, 0.3) is 0 Å². The number of nitrogens with one attached hydrogen (secondary N) is 1. The first-order chi connectivity index (χ1) is 9.74. The minimum absolute atomic E-state index is 0.889. The fraction of sp³-hybridized carbons (Fsp3) is 0.200. The van der Waals surface area contributed by atoms with Gasteiger partial charge in [0.2, 0.25) is 0 Å². The van der Waals surface area contributed by atoms with Gasteiger partial charge in [0.15, 0.2) is 0 Å². The molecular weight excluding hydrogens is 334 g/mol. The summed E-state index contributed by atoms with van der Waals surface area (Å²) >= 11 is 5.17. The van der Waals surface area contributed by atoms with E-state index in [4.69, 9.17) is 0 Å². The fourth-order valence-electron chi connectivity index (χ4n) is 2.15. The van der Waals surface area contributed by atoms with Gasteiger partial charge >= 0.3 is 0 Å². The Balaban J connectivity index is 1.76. The molecule has 0 aliphatic heterocycles. The Hall–Kier alpha value is -1.46. The third kappa shape index (κ3) is 2.83. The highest BCUT2D eigenvalue weighted by atomic mass is 79.9. The summed E-state index contributed by atoms with van der Waals surface area (Å²) in [5.74, 6) is 0. The van der Waals surface area contributed by atoms with E-state index in [0.717, 1.165) is 39.7 Å². The van der Waals surface area contributed by atoms with Crippen molar-refractivity contribution in [2.45, 2.75) is 13.3 Å². The summed E-state index contributed by atoms with van der Waals surface area (Å²) in [6.45, 7) is 2.95. The van der Waals surface area contributed by atoms with Crippen LogP contribution in [-0.4, -0.2) is 16.5 Å². The van der Waals surface area contributed by atoms with Crippen LogP contribution in [-0.2, 0) is 6.42 Å². The zero-order valence-corrected chi connectivity index (χ0v) is 13.5. The molecule has 0 spiro atoms. The third-order valence-corrected chi connectivity index (χ3v) is 4.62. The van der Waals surface area contributed by atoms with Crippen molar-refractivity contribution >= 4 is 43.9 Å². The van der Waals surface area contributed by atoms with E-state index in [-0.39, 0.29) is 0 Å². The molecule has 3 rings (SSSR count). The lowest BCUT2D eigenvalue weighted by atomic mass is 10.2. The molecule has 3 nitrogen and oxygen atoms in total. The minimum Gasteiger partial charge on any atom is -0.383 e. The van der Waals surface area contributed by atoms with E-state index in [0.29, 0.717) is 0 Å². The molecule has 0 saturated carbocycles. The van der Waals surface area contributed by atoms with Crippen LogP contribution < -0.4 is 5.32 Å². The summed E-state index contributed by atoms with van der Waals surface area (Å²) in [6.07, 6.45) is 2.82. The average Bonchev–Trinajstić information content (AvgIpc) is 2.84. The number of aromatic nitrogens is 2. The first-order valence-corrected chi connectivity index (χ1v) is 8.08. The highest BCUT2D eigenvalue weighted by molar-refractivity contribution is 9.10. The molecule has 2 aromatic heterocycles. The Morgan fingerprint density at radius 2 is 2.20 bits per heavy atom. The van der Waals surface area contributed by atoms with Crippen molar-refractivity contribution in [1.82, 2.24) is 9.97 Å². The Labute approximate surface area is 130 Å². The molecule has 0 bridgehead atoms.